The van der Waals surface area contributed by atoms with Gasteiger partial charge in [-0.05, 0) is 92.7 Å². The second-order valence-corrected chi connectivity index (χ2v) is 14.2. The molecule has 0 radical (unpaired) electrons. The lowest BCUT2D eigenvalue weighted by molar-refractivity contribution is 0.670. The van der Waals surface area contributed by atoms with Crippen molar-refractivity contribution in [3.8, 4) is 39.1 Å². The van der Waals surface area contributed by atoms with Gasteiger partial charge >= 0.3 is 0 Å². The molecule has 0 spiro atoms. The Balaban J connectivity index is 0.867. The van der Waals surface area contributed by atoms with E-state index in [9.17, 15) is 0 Å². The fourth-order valence-electron chi connectivity index (χ4n) is 8.38. The van der Waals surface area contributed by atoms with Crippen molar-refractivity contribution in [2.75, 3.05) is 5.32 Å². The molecule has 3 heteroatoms. The summed E-state index contributed by atoms with van der Waals surface area (Å²) in [6, 6.07) is 71.5. The highest BCUT2D eigenvalue weighted by atomic mass is 16.3. The molecule has 2 heterocycles. The Bertz CT molecular complexity index is 3190. The monoisotopic (exact) mass is 702 g/mol. The molecule has 11 rings (SSSR count). The zero-order valence-electron chi connectivity index (χ0n) is 29.9. The van der Waals surface area contributed by atoms with Gasteiger partial charge in [-0.1, -0.05) is 152 Å². The van der Waals surface area contributed by atoms with E-state index in [4.69, 9.17) is 4.42 Å². The number of rotatable bonds is 6. The van der Waals surface area contributed by atoms with E-state index in [-0.39, 0.29) is 0 Å². The summed E-state index contributed by atoms with van der Waals surface area (Å²) < 4.78 is 8.79. The van der Waals surface area contributed by atoms with Crippen LogP contribution in [0.4, 0.5) is 11.4 Å². The topological polar surface area (TPSA) is 30.1 Å². The smallest absolute Gasteiger partial charge is 0.159 e. The Kier molecular flexibility index (Phi) is 7.17. The molecule has 0 aliphatic heterocycles. The third kappa shape index (κ3) is 5.20. The molecule has 0 unspecified atom stereocenters. The molecule has 0 atom stereocenters. The van der Waals surface area contributed by atoms with Crippen LogP contribution in [-0.4, -0.2) is 4.57 Å². The van der Waals surface area contributed by atoms with E-state index in [1.54, 1.807) is 0 Å². The second-order valence-electron chi connectivity index (χ2n) is 14.2. The molecule has 258 valence electrons. The number of anilines is 2. The number of nitrogens with one attached hydrogen (secondary N) is 1. The van der Waals surface area contributed by atoms with Crippen LogP contribution in [0, 0.1) is 0 Å². The number of nitrogens with zero attached hydrogens (tertiary/aromatic N) is 1. The van der Waals surface area contributed by atoms with E-state index in [0.717, 1.165) is 33.3 Å². The molecule has 0 aliphatic carbocycles. The maximum absolute atomic E-state index is 6.42. The summed E-state index contributed by atoms with van der Waals surface area (Å²) in [4.78, 5) is 0. The van der Waals surface area contributed by atoms with Crippen molar-refractivity contribution >= 4 is 65.9 Å². The van der Waals surface area contributed by atoms with E-state index in [0.29, 0.717) is 0 Å². The van der Waals surface area contributed by atoms with Gasteiger partial charge in [0.1, 0.15) is 5.58 Å². The standard InChI is InChI=1S/C52H34N2O/c1-2-12-41(13-3-1)54-47-18-8-6-15-44(47)50-42(17-10-19-48(50)54)38-27-25-36(26-28-38)34-21-23-35(24-22-34)37-29-31-40(32-30-37)53-46-33-39-11-4-5-14-43(39)51-45-16-7-9-20-49(45)55-52(46)51/h1-33,53H. The van der Waals surface area contributed by atoms with Gasteiger partial charge in [-0.25, -0.2) is 0 Å². The van der Waals surface area contributed by atoms with Gasteiger partial charge < -0.3 is 14.3 Å². The first kappa shape index (κ1) is 31.2. The van der Waals surface area contributed by atoms with Crippen molar-refractivity contribution in [2.45, 2.75) is 0 Å². The van der Waals surface area contributed by atoms with Gasteiger partial charge in [0.25, 0.3) is 0 Å². The molecule has 1 N–H and O–H groups in total. The Morgan fingerprint density at radius 3 is 1.69 bits per heavy atom. The second kappa shape index (κ2) is 12.6. The highest BCUT2D eigenvalue weighted by molar-refractivity contribution is 6.22. The minimum absolute atomic E-state index is 0.875. The summed E-state index contributed by atoms with van der Waals surface area (Å²) in [5, 5.41) is 10.9. The Labute approximate surface area is 318 Å². The normalized spacial score (nSPS) is 11.6. The van der Waals surface area contributed by atoms with Gasteiger partial charge in [0, 0.05) is 32.9 Å². The molecule has 0 aliphatic rings. The van der Waals surface area contributed by atoms with Crippen LogP contribution in [0.5, 0.6) is 0 Å². The van der Waals surface area contributed by atoms with Crippen LogP contribution in [0.15, 0.2) is 205 Å². The SMILES string of the molecule is c1ccc(-n2c3ccccc3c3c(-c4ccc(-c5ccc(-c6ccc(Nc7cc8ccccc8c8c7oc7ccccc78)cc6)cc5)cc4)cccc32)cc1. The molecule has 11 aromatic rings. The molecule has 0 bridgehead atoms. The molecule has 9 aromatic carbocycles. The highest BCUT2D eigenvalue weighted by Crippen LogP contribution is 2.41. The summed E-state index contributed by atoms with van der Waals surface area (Å²) in [6.07, 6.45) is 0. The molecule has 0 fully saturated rings. The Morgan fingerprint density at radius 1 is 0.400 bits per heavy atom. The maximum atomic E-state index is 6.42. The first-order valence-electron chi connectivity index (χ1n) is 18.8. The molecule has 0 saturated heterocycles. The van der Waals surface area contributed by atoms with Gasteiger partial charge in [-0.3, -0.25) is 0 Å². The third-order valence-corrected chi connectivity index (χ3v) is 11.0. The van der Waals surface area contributed by atoms with Gasteiger partial charge in [0.2, 0.25) is 0 Å². The lowest BCUT2D eigenvalue weighted by atomic mass is 9.96. The van der Waals surface area contributed by atoms with Crippen LogP contribution >= 0.6 is 0 Å². The first-order valence-corrected chi connectivity index (χ1v) is 18.8. The summed E-state index contributed by atoms with van der Waals surface area (Å²) >= 11 is 0. The van der Waals surface area contributed by atoms with Gasteiger partial charge in [-0.2, -0.15) is 0 Å². The quantitative estimate of drug-likeness (QED) is 0.187. The number of fused-ring (bicyclic) bond motifs is 8. The van der Waals surface area contributed by atoms with Crippen molar-refractivity contribution in [2.24, 2.45) is 0 Å². The molecular formula is C52H34N2O. The average Bonchev–Trinajstić information content (AvgIpc) is 3.82. The number of benzene rings is 9. The number of hydrogen-bond donors (Lipinski definition) is 1. The molecule has 55 heavy (non-hydrogen) atoms. The van der Waals surface area contributed by atoms with Crippen LogP contribution in [0.3, 0.4) is 0 Å². The van der Waals surface area contributed by atoms with E-state index in [2.05, 4.69) is 198 Å². The van der Waals surface area contributed by atoms with Crippen molar-refractivity contribution in [3.05, 3.63) is 200 Å². The molecule has 2 aromatic heterocycles. The Hall–Kier alpha value is -7.36. The minimum atomic E-state index is 0.875. The summed E-state index contributed by atoms with van der Waals surface area (Å²) in [5.74, 6) is 0. The molecule has 0 saturated carbocycles. The fourth-order valence-corrected chi connectivity index (χ4v) is 8.38. The molecule has 0 amide bonds. The molecular weight excluding hydrogens is 669 g/mol. The largest absolute Gasteiger partial charge is 0.454 e. The summed E-state index contributed by atoms with van der Waals surface area (Å²) in [6.45, 7) is 0. The average molecular weight is 703 g/mol. The summed E-state index contributed by atoms with van der Waals surface area (Å²) in [5.41, 5.74) is 14.5. The van der Waals surface area contributed by atoms with Crippen LogP contribution < -0.4 is 5.32 Å². The number of hydrogen-bond acceptors (Lipinski definition) is 2. The van der Waals surface area contributed by atoms with E-state index in [1.807, 2.05) is 12.1 Å². The number of para-hydroxylation sites is 3. The fraction of sp³-hybridized carbons (Fsp3) is 0. The lowest BCUT2D eigenvalue weighted by Gasteiger charge is -2.11. The number of furan rings is 1. The van der Waals surface area contributed by atoms with Crippen molar-refractivity contribution < 1.29 is 4.42 Å². The Morgan fingerprint density at radius 2 is 0.964 bits per heavy atom. The van der Waals surface area contributed by atoms with Crippen molar-refractivity contribution in [1.29, 1.82) is 0 Å². The highest BCUT2D eigenvalue weighted by Gasteiger charge is 2.17. The number of aromatic nitrogens is 1. The zero-order chi connectivity index (χ0) is 36.3. The van der Waals surface area contributed by atoms with Crippen LogP contribution in [0.1, 0.15) is 0 Å². The van der Waals surface area contributed by atoms with E-state index < -0.39 is 0 Å². The maximum Gasteiger partial charge on any atom is 0.159 e. The van der Waals surface area contributed by atoms with Crippen LogP contribution in [0.25, 0.3) is 93.6 Å². The first-order chi connectivity index (χ1) is 27.3. The summed E-state index contributed by atoms with van der Waals surface area (Å²) in [7, 11) is 0. The lowest BCUT2D eigenvalue weighted by Crippen LogP contribution is -1.92. The van der Waals surface area contributed by atoms with E-state index in [1.165, 1.54) is 71.6 Å². The van der Waals surface area contributed by atoms with Crippen molar-refractivity contribution in [1.82, 2.24) is 4.57 Å². The van der Waals surface area contributed by atoms with Gasteiger partial charge in [-0.15, -0.1) is 0 Å². The predicted molar refractivity (Wildman–Crippen MR) is 232 cm³/mol. The third-order valence-electron chi connectivity index (χ3n) is 11.0. The van der Waals surface area contributed by atoms with Crippen LogP contribution in [0.2, 0.25) is 0 Å². The predicted octanol–water partition coefficient (Wildman–Crippen LogP) is 14.6. The molecule has 3 nitrogen and oxygen atoms in total. The zero-order valence-corrected chi connectivity index (χ0v) is 29.9. The van der Waals surface area contributed by atoms with Gasteiger partial charge in [0.05, 0.1) is 16.7 Å². The van der Waals surface area contributed by atoms with Crippen molar-refractivity contribution in [3.63, 3.8) is 0 Å². The van der Waals surface area contributed by atoms with Crippen LogP contribution in [-0.2, 0) is 0 Å². The minimum Gasteiger partial charge on any atom is -0.454 e. The van der Waals surface area contributed by atoms with Gasteiger partial charge in [0.15, 0.2) is 5.58 Å². The van der Waals surface area contributed by atoms with E-state index >= 15 is 0 Å².